The second kappa shape index (κ2) is 7.43. The summed E-state index contributed by atoms with van der Waals surface area (Å²) >= 11 is 0. The van der Waals surface area contributed by atoms with Crippen LogP contribution in [0.2, 0.25) is 0 Å². The van der Waals surface area contributed by atoms with Crippen molar-refractivity contribution >= 4 is 38.6 Å². The molecule has 7 rings (SSSR count). The maximum atomic E-state index is 13.7. The lowest BCUT2D eigenvalue weighted by Gasteiger charge is -2.17. The first kappa shape index (κ1) is 19.3. The van der Waals surface area contributed by atoms with Crippen LogP contribution in [0.1, 0.15) is 17.7 Å². The Hall–Kier alpha value is -4.17. The number of hydrogen-bond donors (Lipinski definition) is 0. The number of halogens is 1. The van der Waals surface area contributed by atoms with Gasteiger partial charge < -0.3 is 4.42 Å². The number of rotatable bonds is 2. The molecule has 0 fully saturated rings. The predicted molar refractivity (Wildman–Crippen MR) is 139 cm³/mol. The molecule has 0 saturated heterocycles. The van der Waals surface area contributed by atoms with E-state index in [4.69, 9.17) is 4.42 Å². The summed E-state index contributed by atoms with van der Waals surface area (Å²) in [4.78, 5) is 0. The van der Waals surface area contributed by atoms with Crippen molar-refractivity contribution in [2.75, 3.05) is 0 Å². The maximum absolute atomic E-state index is 13.7. The van der Waals surface area contributed by atoms with Crippen LogP contribution in [0.4, 0.5) is 4.39 Å². The number of benzene rings is 5. The van der Waals surface area contributed by atoms with E-state index in [1.807, 2.05) is 12.1 Å². The highest BCUT2D eigenvalue weighted by Gasteiger charge is 2.19. The monoisotopic (exact) mass is 440 g/mol. The van der Waals surface area contributed by atoms with Crippen molar-refractivity contribution in [1.82, 2.24) is 0 Å². The van der Waals surface area contributed by atoms with Crippen LogP contribution in [0.25, 0.3) is 60.8 Å². The van der Waals surface area contributed by atoms with Crippen LogP contribution in [0, 0.1) is 5.82 Å². The van der Waals surface area contributed by atoms with E-state index >= 15 is 0 Å². The van der Waals surface area contributed by atoms with Gasteiger partial charge in [0.2, 0.25) is 0 Å². The average Bonchev–Trinajstić information content (AvgIpc) is 3.26. The van der Waals surface area contributed by atoms with E-state index in [0.717, 1.165) is 46.1 Å². The minimum Gasteiger partial charge on any atom is -0.460 e. The molecule has 0 bridgehead atoms. The molecule has 1 aliphatic carbocycles. The van der Waals surface area contributed by atoms with Gasteiger partial charge in [-0.05, 0) is 74.5 Å². The normalized spacial score (nSPS) is 13.1. The summed E-state index contributed by atoms with van der Waals surface area (Å²) in [5.74, 6) is 0.857. The highest BCUT2D eigenvalue weighted by molar-refractivity contribution is 6.21. The predicted octanol–water partition coefficient (Wildman–Crippen LogP) is 9.17. The molecule has 0 unspecified atom stereocenters. The Balaban J connectivity index is 1.59. The second-order valence-corrected chi connectivity index (χ2v) is 8.94. The van der Waals surface area contributed by atoms with Gasteiger partial charge in [0.05, 0.1) is 0 Å². The van der Waals surface area contributed by atoms with E-state index in [-0.39, 0.29) is 5.82 Å². The van der Waals surface area contributed by atoms with Gasteiger partial charge in [-0.2, -0.15) is 0 Å². The Labute approximate surface area is 196 Å². The molecule has 0 spiro atoms. The Bertz CT molecular complexity index is 1700. The zero-order valence-electron chi connectivity index (χ0n) is 18.5. The van der Waals surface area contributed by atoms with E-state index in [9.17, 15) is 4.39 Å². The Morgan fingerprint density at radius 1 is 0.618 bits per heavy atom. The molecule has 1 heterocycles. The van der Waals surface area contributed by atoms with Crippen molar-refractivity contribution < 1.29 is 8.81 Å². The fraction of sp³-hybridized carbons (Fsp3) is 0.0625. The van der Waals surface area contributed by atoms with Gasteiger partial charge in [0.1, 0.15) is 17.2 Å². The van der Waals surface area contributed by atoms with Gasteiger partial charge in [-0.3, -0.25) is 0 Å². The lowest BCUT2D eigenvalue weighted by atomic mass is 9.85. The van der Waals surface area contributed by atoms with Gasteiger partial charge in [-0.15, -0.1) is 0 Å². The summed E-state index contributed by atoms with van der Waals surface area (Å²) in [6, 6.07) is 30.5. The first-order valence-corrected chi connectivity index (χ1v) is 11.7. The first-order chi connectivity index (χ1) is 16.8. The van der Waals surface area contributed by atoms with E-state index in [0.29, 0.717) is 0 Å². The number of furan rings is 1. The minimum absolute atomic E-state index is 0.222. The number of allylic oxidation sites excluding steroid dienone is 1. The van der Waals surface area contributed by atoms with E-state index in [1.54, 1.807) is 0 Å². The van der Waals surface area contributed by atoms with Crippen molar-refractivity contribution in [2.24, 2.45) is 0 Å². The van der Waals surface area contributed by atoms with Crippen molar-refractivity contribution in [2.45, 2.75) is 12.8 Å². The number of aryl methyl sites for hydroxylation is 1. The summed E-state index contributed by atoms with van der Waals surface area (Å²) in [6.07, 6.45) is 6.41. The van der Waals surface area contributed by atoms with Crippen LogP contribution in [0.5, 0.6) is 0 Å². The maximum Gasteiger partial charge on any atom is 0.134 e. The van der Waals surface area contributed by atoms with Crippen LogP contribution in [-0.4, -0.2) is 0 Å². The van der Waals surface area contributed by atoms with Gasteiger partial charge in [0, 0.05) is 17.4 Å². The third-order valence-corrected chi connectivity index (χ3v) is 6.98. The van der Waals surface area contributed by atoms with Crippen molar-refractivity contribution in [1.29, 1.82) is 0 Å². The molecule has 34 heavy (non-hydrogen) atoms. The highest BCUT2D eigenvalue weighted by atomic mass is 19.1. The zero-order chi connectivity index (χ0) is 22.6. The number of fused-ring (bicyclic) bond motifs is 5. The van der Waals surface area contributed by atoms with Crippen LogP contribution in [-0.2, 0) is 6.42 Å². The molecule has 0 N–H and O–H groups in total. The largest absolute Gasteiger partial charge is 0.460 e. The summed E-state index contributed by atoms with van der Waals surface area (Å²) in [7, 11) is 0. The van der Waals surface area contributed by atoms with Gasteiger partial charge in [0.25, 0.3) is 0 Å². The lowest BCUT2D eigenvalue weighted by Crippen LogP contribution is -1.91. The molecule has 0 saturated carbocycles. The van der Waals surface area contributed by atoms with E-state index < -0.39 is 0 Å². The molecule has 2 heteroatoms. The molecule has 0 radical (unpaired) electrons. The molecule has 162 valence electrons. The van der Waals surface area contributed by atoms with E-state index in [1.165, 1.54) is 45.0 Å². The van der Waals surface area contributed by atoms with Crippen molar-refractivity contribution in [3.05, 3.63) is 114 Å². The van der Waals surface area contributed by atoms with Gasteiger partial charge in [-0.25, -0.2) is 4.39 Å². The third kappa shape index (κ3) is 2.85. The Morgan fingerprint density at radius 3 is 1.85 bits per heavy atom. The van der Waals surface area contributed by atoms with Crippen molar-refractivity contribution in [3.8, 4) is 22.3 Å². The Kier molecular flexibility index (Phi) is 4.22. The summed E-state index contributed by atoms with van der Waals surface area (Å²) in [5, 5.41) is 5.87. The van der Waals surface area contributed by atoms with Crippen LogP contribution in [0.15, 0.2) is 101 Å². The fourth-order valence-electron chi connectivity index (χ4n) is 5.47. The van der Waals surface area contributed by atoms with Gasteiger partial charge in [-0.1, -0.05) is 78.9 Å². The molecule has 1 aliphatic rings. The molecule has 0 amide bonds. The highest BCUT2D eigenvalue weighted by Crippen LogP contribution is 2.44. The van der Waals surface area contributed by atoms with Gasteiger partial charge >= 0.3 is 0 Å². The molecular formula is C32H21FO. The fourth-order valence-corrected chi connectivity index (χ4v) is 5.47. The van der Waals surface area contributed by atoms with E-state index in [2.05, 4.69) is 78.9 Å². The first-order valence-electron chi connectivity index (χ1n) is 11.7. The Morgan fingerprint density at radius 2 is 1.21 bits per heavy atom. The molecule has 0 aliphatic heterocycles. The minimum atomic E-state index is -0.222. The zero-order valence-corrected chi connectivity index (χ0v) is 18.5. The number of hydrogen-bond acceptors (Lipinski definition) is 1. The van der Waals surface area contributed by atoms with Crippen LogP contribution >= 0.6 is 0 Å². The molecule has 6 aromatic rings. The van der Waals surface area contributed by atoms with Gasteiger partial charge in [0.15, 0.2) is 0 Å². The molecule has 1 aromatic heterocycles. The quantitative estimate of drug-likeness (QED) is 0.245. The smallest absolute Gasteiger partial charge is 0.134 e. The second-order valence-electron chi connectivity index (χ2n) is 8.94. The molecule has 1 nitrogen and oxygen atoms in total. The molecular weight excluding hydrogens is 419 g/mol. The van der Waals surface area contributed by atoms with Crippen LogP contribution in [0.3, 0.4) is 0 Å². The van der Waals surface area contributed by atoms with Crippen LogP contribution < -0.4 is 0 Å². The molecule has 0 atom stereocenters. The SMILES string of the molecule is Fc1ccc(-c2c3ccccc3c(-c3ccc4oc5c(c4c3)C=CCC5)c3ccccc23)cc1. The van der Waals surface area contributed by atoms with Crippen molar-refractivity contribution in [3.63, 3.8) is 0 Å². The lowest BCUT2D eigenvalue weighted by molar-refractivity contribution is 0.546. The summed E-state index contributed by atoms with van der Waals surface area (Å²) in [5.41, 5.74) is 6.70. The topological polar surface area (TPSA) is 13.1 Å². The average molecular weight is 441 g/mol. The third-order valence-electron chi connectivity index (χ3n) is 6.98. The summed E-state index contributed by atoms with van der Waals surface area (Å²) < 4.78 is 19.9. The standard InChI is InChI=1S/C32H21FO/c33-22-16-13-20(14-17-22)31-24-8-1-3-10-26(24)32(27-11-4-2-9-25(27)31)21-15-18-30-28(19-21)23-7-5-6-12-29(23)34-30/h1-5,7-11,13-19H,6,12H2. The molecule has 5 aromatic carbocycles. The summed E-state index contributed by atoms with van der Waals surface area (Å²) in [6.45, 7) is 0.